The van der Waals surface area contributed by atoms with Gasteiger partial charge in [-0.1, -0.05) is 30.3 Å². The average molecular weight is 402 g/mol. The van der Waals surface area contributed by atoms with E-state index in [0.29, 0.717) is 0 Å². The van der Waals surface area contributed by atoms with E-state index < -0.39 is 0 Å². The average Bonchev–Trinajstić information content (AvgIpc) is 2.77. The van der Waals surface area contributed by atoms with Crippen molar-refractivity contribution >= 4 is 33.4 Å². The number of nitrogens with zero attached hydrogens (tertiary/aromatic N) is 3. The molecule has 146 valence electrons. The molecule has 2 aromatic heterocycles. The summed E-state index contributed by atoms with van der Waals surface area (Å²) in [5.74, 6) is 2.22. The number of benzene rings is 2. The Morgan fingerprint density at radius 2 is 1.83 bits per heavy atom. The summed E-state index contributed by atoms with van der Waals surface area (Å²) in [6.45, 7) is 1.99. The Balaban J connectivity index is 1.69. The van der Waals surface area contributed by atoms with Gasteiger partial charge in [-0.25, -0.2) is 4.98 Å². The summed E-state index contributed by atoms with van der Waals surface area (Å²) in [5.41, 5.74) is 4.19. The Morgan fingerprint density at radius 1 is 1.03 bits per heavy atom. The van der Waals surface area contributed by atoms with E-state index in [9.17, 15) is 4.79 Å². The number of aromatic nitrogens is 3. The van der Waals surface area contributed by atoms with Gasteiger partial charge >= 0.3 is 0 Å². The van der Waals surface area contributed by atoms with E-state index in [4.69, 9.17) is 4.98 Å². The number of fused-ring (bicyclic) bond motifs is 3. The van der Waals surface area contributed by atoms with E-state index >= 15 is 0 Å². The fourth-order valence-corrected chi connectivity index (χ4v) is 5.32. The minimum absolute atomic E-state index is 0.0842. The van der Waals surface area contributed by atoms with Crippen molar-refractivity contribution in [1.82, 2.24) is 14.5 Å². The van der Waals surface area contributed by atoms with Crippen LogP contribution in [-0.2, 0) is 6.42 Å². The summed E-state index contributed by atoms with van der Waals surface area (Å²) in [6.07, 6.45) is 6.51. The van der Waals surface area contributed by atoms with Crippen LogP contribution < -0.4 is 5.56 Å². The van der Waals surface area contributed by atoms with Crippen LogP contribution in [0.3, 0.4) is 0 Å². The minimum Gasteiger partial charge on any atom is -0.296 e. The number of pyridine rings is 1. The Morgan fingerprint density at radius 3 is 2.59 bits per heavy atom. The summed E-state index contributed by atoms with van der Waals surface area (Å²) >= 11 is 1.97. The largest absolute Gasteiger partial charge is 0.296 e. The van der Waals surface area contributed by atoms with Gasteiger partial charge in [-0.2, -0.15) is 11.8 Å². The van der Waals surface area contributed by atoms with Crippen molar-refractivity contribution in [2.75, 3.05) is 11.5 Å². The molecule has 4 nitrogen and oxygen atoms in total. The molecule has 29 heavy (non-hydrogen) atoms. The topological polar surface area (TPSA) is 47.8 Å². The summed E-state index contributed by atoms with van der Waals surface area (Å²) in [5, 5.41) is 2.92. The number of hydrogen-bond acceptors (Lipinski definition) is 4. The van der Waals surface area contributed by atoms with Gasteiger partial charge in [0.2, 0.25) is 0 Å². The zero-order valence-electron chi connectivity index (χ0n) is 16.5. The number of rotatable bonds is 3. The molecule has 3 heterocycles. The molecule has 5 heteroatoms. The zero-order chi connectivity index (χ0) is 19.8. The van der Waals surface area contributed by atoms with Crippen LogP contribution in [0.5, 0.6) is 0 Å². The maximum absolute atomic E-state index is 13.4. The second kappa shape index (κ2) is 7.64. The Kier molecular flexibility index (Phi) is 4.84. The van der Waals surface area contributed by atoms with Crippen LogP contribution in [0.25, 0.3) is 21.7 Å². The Hall–Kier alpha value is -2.66. The first-order chi connectivity index (χ1) is 14.2. The standard InChI is InChI=1S/C24H23N3OS/c1-16-6-7-17(14-25-16)12-18-13-22-23(21-5-3-2-4-20(18)21)26-15-27(24(22)28)19-8-10-29-11-9-19/h2-7,13-15,19H,8-12H2,1H3. The van der Waals surface area contributed by atoms with E-state index in [-0.39, 0.29) is 11.6 Å². The number of aryl methyl sites for hydroxylation is 1. The first kappa shape index (κ1) is 18.4. The van der Waals surface area contributed by atoms with Crippen LogP contribution in [0.4, 0.5) is 0 Å². The van der Waals surface area contributed by atoms with Gasteiger partial charge in [-0.05, 0) is 66.3 Å². The lowest BCUT2D eigenvalue weighted by atomic mass is 9.96. The summed E-state index contributed by atoms with van der Waals surface area (Å²) in [6, 6.07) is 14.7. The Bertz CT molecular complexity index is 1240. The van der Waals surface area contributed by atoms with Gasteiger partial charge in [-0.15, -0.1) is 0 Å². The first-order valence-corrected chi connectivity index (χ1v) is 11.3. The summed E-state index contributed by atoms with van der Waals surface area (Å²) in [7, 11) is 0. The van der Waals surface area contributed by atoms with Crippen LogP contribution in [0.2, 0.25) is 0 Å². The molecule has 2 aromatic carbocycles. The van der Waals surface area contributed by atoms with Crippen LogP contribution >= 0.6 is 11.8 Å². The van der Waals surface area contributed by atoms with Gasteiger partial charge < -0.3 is 0 Å². The molecule has 0 N–H and O–H groups in total. The maximum Gasteiger partial charge on any atom is 0.261 e. The van der Waals surface area contributed by atoms with E-state index in [1.807, 2.05) is 47.6 Å². The van der Waals surface area contributed by atoms with Gasteiger partial charge in [-0.3, -0.25) is 14.3 Å². The fraction of sp³-hybridized carbons (Fsp3) is 0.292. The Labute approximate surface area is 174 Å². The van der Waals surface area contributed by atoms with Crippen molar-refractivity contribution in [3.8, 4) is 0 Å². The van der Waals surface area contributed by atoms with Gasteiger partial charge in [0.1, 0.15) is 0 Å². The van der Waals surface area contributed by atoms with Gasteiger partial charge in [0.25, 0.3) is 5.56 Å². The molecular formula is C24H23N3OS. The molecule has 0 bridgehead atoms. The smallest absolute Gasteiger partial charge is 0.261 e. The third-order valence-corrected chi connectivity index (χ3v) is 6.88. The van der Waals surface area contributed by atoms with E-state index in [1.165, 1.54) is 0 Å². The van der Waals surface area contributed by atoms with Crippen molar-refractivity contribution in [1.29, 1.82) is 0 Å². The molecule has 0 saturated carbocycles. The molecule has 0 spiro atoms. The third-order valence-electron chi connectivity index (χ3n) is 5.83. The molecule has 0 amide bonds. The third kappa shape index (κ3) is 3.44. The summed E-state index contributed by atoms with van der Waals surface area (Å²) < 4.78 is 1.87. The van der Waals surface area contributed by atoms with Gasteiger partial charge in [0.15, 0.2) is 0 Å². The van der Waals surface area contributed by atoms with Crippen molar-refractivity contribution in [3.05, 3.63) is 82.2 Å². The fourth-order valence-electron chi connectivity index (χ4n) is 4.24. The molecule has 1 saturated heterocycles. The summed E-state index contributed by atoms with van der Waals surface area (Å²) in [4.78, 5) is 22.6. The highest BCUT2D eigenvalue weighted by Gasteiger charge is 2.19. The maximum atomic E-state index is 13.4. The van der Waals surface area contributed by atoms with Crippen molar-refractivity contribution in [2.24, 2.45) is 0 Å². The van der Waals surface area contributed by atoms with E-state index in [0.717, 1.165) is 69.3 Å². The molecule has 0 aliphatic carbocycles. The highest BCUT2D eigenvalue weighted by Crippen LogP contribution is 2.29. The highest BCUT2D eigenvalue weighted by atomic mass is 32.2. The molecule has 1 fully saturated rings. The first-order valence-electron chi connectivity index (χ1n) is 10.1. The molecule has 1 aliphatic rings. The molecular weight excluding hydrogens is 378 g/mol. The van der Waals surface area contributed by atoms with Crippen LogP contribution in [-0.4, -0.2) is 26.0 Å². The molecule has 4 aromatic rings. The van der Waals surface area contributed by atoms with Crippen LogP contribution in [0.1, 0.15) is 35.7 Å². The highest BCUT2D eigenvalue weighted by molar-refractivity contribution is 7.99. The van der Waals surface area contributed by atoms with E-state index in [2.05, 4.69) is 29.2 Å². The molecule has 0 radical (unpaired) electrons. The van der Waals surface area contributed by atoms with Gasteiger partial charge in [0, 0.05) is 23.3 Å². The van der Waals surface area contributed by atoms with Crippen LogP contribution in [0.15, 0.2) is 59.8 Å². The minimum atomic E-state index is 0.0842. The lowest BCUT2D eigenvalue weighted by Crippen LogP contribution is -2.27. The lowest BCUT2D eigenvalue weighted by molar-refractivity contribution is 0.454. The molecule has 5 rings (SSSR count). The lowest BCUT2D eigenvalue weighted by Gasteiger charge is -2.23. The molecule has 1 aliphatic heterocycles. The number of hydrogen-bond donors (Lipinski definition) is 0. The SMILES string of the molecule is Cc1ccc(Cc2cc3c(=O)n(C4CCSCC4)cnc3c3ccccc23)cn1. The second-order valence-corrected chi connectivity index (χ2v) is 8.99. The number of thioether (sulfide) groups is 1. The second-order valence-electron chi connectivity index (χ2n) is 7.76. The quantitative estimate of drug-likeness (QED) is 0.458. The van der Waals surface area contributed by atoms with Gasteiger partial charge in [0.05, 0.1) is 17.2 Å². The predicted molar refractivity (Wildman–Crippen MR) is 121 cm³/mol. The molecule has 0 atom stereocenters. The predicted octanol–water partition coefficient (Wildman–Crippen LogP) is 4.91. The van der Waals surface area contributed by atoms with Crippen LogP contribution in [0, 0.1) is 6.92 Å². The van der Waals surface area contributed by atoms with Crippen molar-refractivity contribution in [2.45, 2.75) is 32.2 Å². The zero-order valence-corrected chi connectivity index (χ0v) is 17.3. The van der Waals surface area contributed by atoms with Crippen molar-refractivity contribution in [3.63, 3.8) is 0 Å². The van der Waals surface area contributed by atoms with Crippen molar-refractivity contribution < 1.29 is 0 Å². The normalized spacial score (nSPS) is 15.2. The molecule has 0 unspecified atom stereocenters. The van der Waals surface area contributed by atoms with E-state index in [1.54, 1.807) is 6.33 Å². The monoisotopic (exact) mass is 401 g/mol.